The van der Waals surface area contributed by atoms with Gasteiger partial charge in [0.15, 0.2) is 0 Å². The van der Waals surface area contributed by atoms with E-state index in [9.17, 15) is 9.90 Å². The summed E-state index contributed by atoms with van der Waals surface area (Å²) < 4.78 is 0. The van der Waals surface area contributed by atoms with E-state index in [0.29, 0.717) is 18.5 Å². The first-order valence-corrected chi connectivity index (χ1v) is 8.33. The maximum absolute atomic E-state index is 12.3. The number of hydrogen-bond acceptors (Lipinski definition) is 3. The molecule has 0 heterocycles. The molecule has 0 saturated heterocycles. The molecule has 0 aliphatic rings. The van der Waals surface area contributed by atoms with Crippen LogP contribution in [0.5, 0.6) is 0 Å². The molecular weight excluding hydrogens is 300 g/mol. The van der Waals surface area contributed by atoms with Gasteiger partial charge in [0.25, 0.3) is 5.91 Å². The van der Waals surface area contributed by atoms with Crippen molar-refractivity contribution in [2.45, 2.75) is 18.8 Å². The molecule has 0 bridgehead atoms. The Morgan fingerprint density at radius 2 is 1.83 bits per heavy atom. The summed E-state index contributed by atoms with van der Waals surface area (Å²) in [4.78, 5) is 14.3. The second kappa shape index (κ2) is 9.08. The number of anilines is 1. The number of rotatable bonds is 8. The summed E-state index contributed by atoms with van der Waals surface area (Å²) in [5.41, 5.74) is 2.88. The van der Waals surface area contributed by atoms with Crippen LogP contribution in [0.25, 0.3) is 0 Å². The highest BCUT2D eigenvalue weighted by Gasteiger charge is 2.12. The molecule has 24 heavy (non-hydrogen) atoms. The Hall–Kier alpha value is -2.33. The fourth-order valence-corrected chi connectivity index (χ4v) is 2.75. The molecule has 2 aromatic carbocycles. The summed E-state index contributed by atoms with van der Waals surface area (Å²) in [6.45, 7) is 0.739. The van der Waals surface area contributed by atoms with Crippen molar-refractivity contribution in [3.05, 3.63) is 65.7 Å². The molecule has 0 unspecified atom stereocenters. The van der Waals surface area contributed by atoms with Crippen LogP contribution in [0.3, 0.4) is 0 Å². The van der Waals surface area contributed by atoms with Gasteiger partial charge in [-0.25, -0.2) is 0 Å². The molecule has 1 amide bonds. The summed E-state index contributed by atoms with van der Waals surface area (Å²) >= 11 is 0. The van der Waals surface area contributed by atoms with Crippen LogP contribution in [0, 0.1) is 0 Å². The van der Waals surface area contributed by atoms with Gasteiger partial charge in [-0.3, -0.25) is 4.79 Å². The van der Waals surface area contributed by atoms with Crippen LogP contribution in [0.2, 0.25) is 0 Å². The predicted molar refractivity (Wildman–Crippen MR) is 98.6 cm³/mol. The fourth-order valence-electron chi connectivity index (χ4n) is 2.75. The first-order chi connectivity index (χ1) is 11.6. The third-order valence-corrected chi connectivity index (χ3v) is 4.15. The van der Waals surface area contributed by atoms with Crippen LogP contribution in [0.1, 0.15) is 34.7 Å². The lowest BCUT2D eigenvalue weighted by Crippen LogP contribution is -2.26. The number of nitrogens with one attached hydrogen (secondary N) is 1. The molecule has 4 nitrogen and oxygen atoms in total. The molecular formula is C20H26N2O2. The van der Waals surface area contributed by atoms with Crippen LogP contribution < -0.4 is 10.2 Å². The SMILES string of the molecule is CN(C)c1cccc(C(=O)NCC[C@@H](CCO)c2ccccc2)c1. The van der Waals surface area contributed by atoms with E-state index in [1.165, 1.54) is 5.56 Å². The van der Waals surface area contributed by atoms with Crippen molar-refractivity contribution in [2.24, 2.45) is 0 Å². The van der Waals surface area contributed by atoms with E-state index >= 15 is 0 Å². The number of benzene rings is 2. The highest BCUT2D eigenvalue weighted by molar-refractivity contribution is 5.95. The van der Waals surface area contributed by atoms with Crippen LogP contribution in [0.4, 0.5) is 5.69 Å². The molecule has 0 aromatic heterocycles. The number of nitrogens with zero attached hydrogens (tertiary/aromatic N) is 1. The molecule has 2 rings (SSSR count). The summed E-state index contributed by atoms with van der Waals surface area (Å²) in [6, 6.07) is 17.7. The molecule has 2 N–H and O–H groups in total. The minimum atomic E-state index is -0.0606. The van der Waals surface area contributed by atoms with Gasteiger partial charge in [0.1, 0.15) is 0 Å². The second-order valence-electron chi connectivity index (χ2n) is 6.11. The van der Waals surface area contributed by atoms with Crippen LogP contribution in [0.15, 0.2) is 54.6 Å². The van der Waals surface area contributed by atoms with Gasteiger partial charge in [0.05, 0.1) is 0 Å². The predicted octanol–water partition coefficient (Wildman–Crippen LogP) is 3.04. The van der Waals surface area contributed by atoms with Crippen LogP contribution in [-0.4, -0.2) is 38.3 Å². The Morgan fingerprint density at radius 1 is 1.08 bits per heavy atom. The minimum absolute atomic E-state index is 0.0606. The van der Waals surface area contributed by atoms with Crippen molar-refractivity contribution >= 4 is 11.6 Å². The summed E-state index contributed by atoms with van der Waals surface area (Å²) in [7, 11) is 3.91. The van der Waals surface area contributed by atoms with Gasteiger partial charge >= 0.3 is 0 Å². The highest BCUT2D eigenvalue weighted by atomic mass is 16.3. The molecule has 2 aromatic rings. The van der Waals surface area contributed by atoms with E-state index in [0.717, 1.165) is 12.1 Å². The second-order valence-corrected chi connectivity index (χ2v) is 6.11. The largest absolute Gasteiger partial charge is 0.396 e. The van der Waals surface area contributed by atoms with Crippen molar-refractivity contribution in [3.8, 4) is 0 Å². The zero-order valence-electron chi connectivity index (χ0n) is 14.4. The van der Waals surface area contributed by atoms with Crippen LogP contribution in [-0.2, 0) is 0 Å². The minimum Gasteiger partial charge on any atom is -0.396 e. The third kappa shape index (κ3) is 5.10. The Kier molecular flexibility index (Phi) is 6.82. The molecule has 0 aliphatic heterocycles. The quantitative estimate of drug-likeness (QED) is 0.784. The maximum Gasteiger partial charge on any atom is 0.251 e. The average Bonchev–Trinajstić information content (AvgIpc) is 2.61. The zero-order chi connectivity index (χ0) is 17.4. The van der Waals surface area contributed by atoms with E-state index in [1.54, 1.807) is 0 Å². The Balaban J connectivity index is 1.92. The van der Waals surface area contributed by atoms with Crippen molar-refractivity contribution in [1.29, 1.82) is 0 Å². The maximum atomic E-state index is 12.3. The van der Waals surface area contributed by atoms with E-state index in [1.807, 2.05) is 61.5 Å². The third-order valence-electron chi connectivity index (χ3n) is 4.15. The first kappa shape index (κ1) is 18.0. The lowest BCUT2D eigenvalue weighted by atomic mass is 9.93. The monoisotopic (exact) mass is 326 g/mol. The van der Waals surface area contributed by atoms with Gasteiger partial charge in [-0.15, -0.1) is 0 Å². The Labute approximate surface area is 144 Å². The van der Waals surface area contributed by atoms with E-state index in [2.05, 4.69) is 17.4 Å². The van der Waals surface area contributed by atoms with Crippen molar-refractivity contribution in [1.82, 2.24) is 5.32 Å². The van der Waals surface area contributed by atoms with Gasteiger partial charge in [-0.2, -0.15) is 0 Å². The van der Waals surface area contributed by atoms with Crippen LogP contribution >= 0.6 is 0 Å². The number of hydrogen-bond donors (Lipinski definition) is 2. The first-order valence-electron chi connectivity index (χ1n) is 8.33. The molecule has 4 heteroatoms. The van der Waals surface area contributed by atoms with E-state index in [4.69, 9.17) is 0 Å². The average molecular weight is 326 g/mol. The van der Waals surface area contributed by atoms with Gasteiger partial charge in [0, 0.05) is 38.5 Å². The Bertz CT molecular complexity index is 641. The van der Waals surface area contributed by atoms with E-state index < -0.39 is 0 Å². The summed E-state index contributed by atoms with van der Waals surface area (Å²) in [5, 5.41) is 12.3. The Morgan fingerprint density at radius 3 is 2.50 bits per heavy atom. The number of aliphatic hydroxyl groups excluding tert-OH is 1. The van der Waals surface area contributed by atoms with Gasteiger partial charge in [-0.1, -0.05) is 36.4 Å². The smallest absolute Gasteiger partial charge is 0.251 e. The van der Waals surface area contributed by atoms with Crippen molar-refractivity contribution in [3.63, 3.8) is 0 Å². The topological polar surface area (TPSA) is 52.6 Å². The summed E-state index contributed by atoms with van der Waals surface area (Å²) in [6.07, 6.45) is 1.51. The van der Waals surface area contributed by atoms with Gasteiger partial charge < -0.3 is 15.3 Å². The number of aliphatic hydroxyl groups is 1. The molecule has 0 radical (unpaired) electrons. The van der Waals surface area contributed by atoms with Crippen molar-refractivity contribution in [2.75, 3.05) is 32.1 Å². The van der Waals surface area contributed by atoms with E-state index in [-0.39, 0.29) is 18.4 Å². The lowest BCUT2D eigenvalue weighted by molar-refractivity contribution is 0.0952. The molecule has 128 valence electrons. The fraction of sp³-hybridized carbons (Fsp3) is 0.350. The van der Waals surface area contributed by atoms with Crippen molar-refractivity contribution < 1.29 is 9.90 Å². The molecule has 0 fully saturated rings. The highest BCUT2D eigenvalue weighted by Crippen LogP contribution is 2.22. The number of carbonyl (C=O) groups is 1. The van der Waals surface area contributed by atoms with Gasteiger partial charge in [0.2, 0.25) is 0 Å². The molecule has 1 atom stereocenters. The zero-order valence-corrected chi connectivity index (χ0v) is 14.4. The summed E-state index contributed by atoms with van der Waals surface area (Å²) in [5.74, 6) is 0.194. The molecule has 0 saturated carbocycles. The number of carbonyl (C=O) groups excluding carboxylic acids is 1. The normalized spacial score (nSPS) is 11.8. The standard InChI is InChI=1S/C20H26N2O2/c1-22(2)19-10-6-9-18(15-19)20(24)21-13-11-17(12-14-23)16-7-4-3-5-8-16/h3-10,15,17,23H,11-14H2,1-2H3,(H,21,24)/t17-/m0/s1. The molecule has 0 aliphatic carbocycles. The lowest BCUT2D eigenvalue weighted by Gasteiger charge is -2.17. The molecule has 0 spiro atoms. The number of amides is 1. The van der Waals surface area contributed by atoms with Gasteiger partial charge in [-0.05, 0) is 42.5 Å².